The van der Waals surface area contributed by atoms with Gasteiger partial charge in [-0.2, -0.15) is 0 Å². The maximum absolute atomic E-state index is 2.52. The summed E-state index contributed by atoms with van der Waals surface area (Å²) in [5.74, 6) is 0. The molecular formula is C60H41N. The van der Waals surface area contributed by atoms with Crippen molar-refractivity contribution >= 4 is 38.6 Å². The van der Waals surface area contributed by atoms with Gasteiger partial charge in [0, 0.05) is 22.5 Å². The zero-order chi connectivity index (χ0) is 40.5. The first kappa shape index (κ1) is 34.4. The van der Waals surface area contributed by atoms with Gasteiger partial charge in [-0.05, 0) is 142 Å². The molecule has 0 bridgehead atoms. The first-order valence-corrected chi connectivity index (χ1v) is 21.5. The molecule has 1 heteroatoms. The van der Waals surface area contributed by atoms with Crippen molar-refractivity contribution in [3.63, 3.8) is 0 Å². The van der Waals surface area contributed by atoms with Gasteiger partial charge in [0.2, 0.25) is 0 Å². The highest BCUT2D eigenvalue weighted by Crippen LogP contribution is 2.64. The summed E-state index contributed by atoms with van der Waals surface area (Å²) >= 11 is 0. The van der Waals surface area contributed by atoms with Crippen molar-refractivity contribution in [3.05, 3.63) is 246 Å². The topological polar surface area (TPSA) is 3.24 Å². The Kier molecular flexibility index (Phi) is 7.06. The molecule has 0 fully saturated rings. The van der Waals surface area contributed by atoms with E-state index >= 15 is 0 Å². The van der Waals surface area contributed by atoms with Gasteiger partial charge in [0.05, 0.1) is 5.41 Å². The summed E-state index contributed by atoms with van der Waals surface area (Å²) in [7, 11) is 0. The Labute approximate surface area is 356 Å². The summed E-state index contributed by atoms with van der Waals surface area (Å²) in [5, 5.41) is 5.08. The molecule has 0 saturated carbocycles. The maximum Gasteiger partial charge on any atom is 0.0726 e. The van der Waals surface area contributed by atoms with Crippen molar-refractivity contribution < 1.29 is 0 Å². The minimum Gasteiger partial charge on any atom is -0.310 e. The summed E-state index contributed by atoms with van der Waals surface area (Å²) in [6, 6.07) is 79.8. The third-order valence-electron chi connectivity index (χ3n) is 14.3. The SMILES string of the molecule is CC1(C)c2ccccc2-c2ccc(N(c3ccc(-c4ccc5ccccc5c4)cc3)c3ccc4c(c3)C3(c5ccccc5-c5ccccc53)c3ccc5ccccc5c3-4)cc21. The first-order chi connectivity index (χ1) is 30.0. The molecule has 3 aliphatic rings. The van der Waals surface area contributed by atoms with Crippen LogP contribution in [0.15, 0.2) is 212 Å². The predicted molar refractivity (Wildman–Crippen MR) is 255 cm³/mol. The standard InChI is InChI=1S/C60H41N/c1-59(2)52-20-10-7-17-47(52)50-32-30-44(36-56(50)59)61(43-28-25-39(26-29-43)42-24-23-38-13-3-4-15-41(38)35-42)45-31-33-51-57(37-45)60(55-34-27-40-14-5-6-16-46(40)58(51)55)53-21-11-8-18-48(53)49-19-9-12-22-54(49)60/h3-37H,1-2H3. The van der Waals surface area contributed by atoms with Crippen LogP contribution in [0.25, 0.3) is 66.1 Å². The Bertz CT molecular complexity index is 3410. The van der Waals surface area contributed by atoms with Gasteiger partial charge in [0.25, 0.3) is 0 Å². The van der Waals surface area contributed by atoms with Crippen LogP contribution in [0.5, 0.6) is 0 Å². The number of fused-ring (bicyclic) bond motifs is 16. The van der Waals surface area contributed by atoms with Crippen LogP contribution in [0.2, 0.25) is 0 Å². The number of benzene rings is 10. The highest BCUT2D eigenvalue weighted by atomic mass is 15.1. The van der Waals surface area contributed by atoms with Crippen LogP contribution in [-0.4, -0.2) is 0 Å². The molecule has 1 nitrogen and oxygen atoms in total. The van der Waals surface area contributed by atoms with E-state index in [1.165, 1.54) is 99.4 Å². The Morgan fingerprint density at radius 3 is 1.54 bits per heavy atom. The number of hydrogen-bond donors (Lipinski definition) is 0. The van der Waals surface area contributed by atoms with Gasteiger partial charge >= 0.3 is 0 Å². The van der Waals surface area contributed by atoms with Crippen LogP contribution >= 0.6 is 0 Å². The zero-order valence-corrected chi connectivity index (χ0v) is 34.2. The Hall–Kier alpha value is -7.48. The van der Waals surface area contributed by atoms with E-state index in [1.807, 2.05) is 0 Å². The summed E-state index contributed by atoms with van der Waals surface area (Å²) in [5.41, 5.74) is 21.3. The summed E-state index contributed by atoms with van der Waals surface area (Å²) in [4.78, 5) is 2.49. The van der Waals surface area contributed by atoms with E-state index < -0.39 is 5.41 Å². The van der Waals surface area contributed by atoms with E-state index in [4.69, 9.17) is 0 Å². The van der Waals surface area contributed by atoms with E-state index in [-0.39, 0.29) is 5.41 Å². The fraction of sp³-hybridized carbons (Fsp3) is 0.0667. The molecule has 0 unspecified atom stereocenters. The lowest BCUT2D eigenvalue weighted by Gasteiger charge is -2.32. The van der Waals surface area contributed by atoms with Crippen LogP contribution in [0.4, 0.5) is 17.1 Å². The monoisotopic (exact) mass is 775 g/mol. The number of anilines is 3. The second-order valence-electron chi connectivity index (χ2n) is 17.6. The van der Waals surface area contributed by atoms with E-state index in [0.717, 1.165) is 17.1 Å². The summed E-state index contributed by atoms with van der Waals surface area (Å²) < 4.78 is 0. The quantitative estimate of drug-likeness (QED) is 0.172. The average molecular weight is 776 g/mol. The van der Waals surface area contributed by atoms with Crippen LogP contribution < -0.4 is 4.90 Å². The lowest BCUT2D eigenvalue weighted by Crippen LogP contribution is -2.26. The first-order valence-electron chi connectivity index (χ1n) is 21.5. The van der Waals surface area contributed by atoms with Gasteiger partial charge in [0.15, 0.2) is 0 Å². The van der Waals surface area contributed by atoms with Gasteiger partial charge in [0.1, 0.15) is 0 Å². The molecule has 10 aromatic carbocycles. The van der Waals surface area contributed by atoms with Crippen molar-refractivity contribution in [1.29, 1.82) is 0 Å². The second-order valence-corrected chi connectivity index (χ2v) is 17.6. The minimum absolute atomic E-state index is 0.129. The highest BCUT2D eigenvalue weighted by Gasteiger charge is 2.52. The maximum atomic E-state index is 2.52. The van der Waals surface area contributed by atoms with E-state index in [1.54, 1.807) is 0 Å². The van der Waals surface area contributed by atoms with Crippen molar-refractivity contribution in [2.24, 2.45) is 0 Å². The van der Waals surface area contributed by atoms with Crippen molar-refractivity contribution in [3.8, 4) is 44.5 Å². The number of rotatable bonds is 4. The molecule has 0 heterocycles. The average Bonchev–Trinajstić information content (AvgIpc) is 3.87. The highest BCUT2D eigenvalue weighted by molar-refractivity contribution is 6.07. The molecule has 1 spiro atoms. The lowest BCUT2D eigenvalue weighted by atomic mass is 9.70. The second kappa shape index (κ2) is 12.5. The van der Waals surface area contributed by atoms with Crippen molar-refractivity contribution in [2.75, 3.05) is 4.90 Å². The summed E-state index contributed by atoms with van der Waals surface area (Å²) in [6.45, 7) is 4.75. The molecule has 0 radical (unpaired) electrons. The van der Waals surface area contributed by atoms with E-state index in [0.29, 0.717) is 0 Å². The molecule has 0 saturated heterocycles. The van der Waals surface area contributed by atoms with E-state index in [2.05, 4.69) is 231 Å². The van der Waals surface area contributed by atoms with Gasteiger partial charge in [-0.1, -0.05) is 184 Å². The normalized spacial score (nSPS) is 14.3. The van der Waals surface area contributed by atoms with Gasteiger partial charge < -0.3 is 4.90 Å². The zero-order valence-electron chi connectivity index (χ0n) is 34.2. The fourth-order valence-electron chi connectivity index (χ4n) is 11.5. The molecule has 0 atom stereocenters. The van der Waals surface area contributed by atoms with Crippen LogP contribution in [0.1, 0.15) is 47.2 Å². The fourth-order valence-corrected chi connectivity index (χ4v) is 11.5. The molecule has 0 aliphatic heterocycles. The molecule has 0 N–H and O–H groups in total. The molecule has 61 heavy (non-hydrogen) atoms. The van der Waals surface area contributed by atoms with Gasteiger partial charge in [-0.15, -0.1) is 0 Å². The third-order valence-corrected chi connectivity index (χ3v) is 14.3. The summed E-state index contributed by atoms with van der Waals surface area (Å²) in [6.07, 6.45) is 0. The predicted octanol–water partition coefficient (Wildman–Crippen LogP) is 15.8. The van der Waals surface area contributed by atoms with Crippen LogP contribution in [-0.2, 0) is 10.8 Å². The smallest absolute Gasteiger partial charge is 0.0726 e. The number of nitrogens with zero attached hydrogens (tertiary/aromatic N) is 1. The Morgan fingerprint density at radius 1 is 0.311 bits per heavy atom. The Balaban J connectivity index is 1.05. The van der Waals surface area contributed by atoms with Crippen molar-refractivity contribution in [1.82, 2.24) is 0 Å². The van der Waals surface area contributed by atoms with Crippen LogP contribution in [0.3, 0.4) is 0 Å². The molecular weight excluding hydrogens is 735 g/mol. The number of hydrogen-bond acceptors (Lipinski definition) is 1. The van der Waals surface area contributed by atoms with Crippen molar-refractivity contribution in [2.45, 2.75) is 24.7 Å². The molecule has 3 aliphatic carbocycles. The molecule has 10 aromatic rings. The van der Waals surface area contributed by atoms with Crippen LogP contribution in [0, 0.1) is 0 Å². The molecule has 286 valence electrons. The molecule has 13 rings (SSSR count). The van der Waals surface area contributed by atoms with Gasteiger partial charge in [-0.25, -0.2) is 0 Å². The Morgan fingerprint density at radius 2 is 0.820 bits per heavy atom. The lowest BCUT2D eigenvalue weighted by molar-refractivity contribution is 0.660. The van der Waals surface area contributed by atoms with E-state index in [9.17, 15) is 0 Å². The molecule has 0 aromatic heterocycles. The minimum atomic E-state index is -0.467. The largest absolute Gasteiger partial charge is 0.310 e. The third kappa shape index (κ3) is 4.66. The van der Waals surface area contributed by atoms with Gasteiger partial charge in [-0.3, -0.25) is 0 Å². The molecule has 0 amide bonds.